The third-order valence-corrected chi connectivity index (χ3v) is 5.03. The number of ketones is 1. The minimum absolute atomic E-state index is 0.258. The Morgan fingerprint density at radius 2 is 1.71 bits per heavy atom. The summed E-state index contributed by atoms with van der Waals surface area (Å²) >= 11 is 0. The van der Waals surface area contributed by atoms with Crippen molar-refractivity contribution in [3.63, 3.8) is 0 Å². The molecule has 0 aromatic heterocycles. The molecule has 0 N–H and O–H groups in total. The maximum absolute atomic E-state index is 11.8. The van der Waals surface area contributed by atoms with E-state index in [9.17, 15) is 9.00 Å². The summed E-state index contributed by atoms with van der Waals surface area (Å²) in [5.41, 5.74) is 0. The summed E-state index contributed by atoms with van der Waals surface area (Å²) in [4.78, 5) is 11.5. The summed E-state index contributed by atoms with van der Waals surface area (Å²) in [6.07, 6.45) is 7.92. The molecule has 0 radical (unpaired) electrons. The molecule has 0 amide bonds. The van der Waals surface area contributed by atoms with E-state index in [2.05, 4.69) is 0 Å². The number of Topliss-reactive ketones (excluding diaryl/α,β-unsaturated/α-hetero) is 1. The molecule has 2 aliphatic rings. The minimum atomic E-state index is -0.867. The largest absolute Gasteiger partial charge is 0.298 e. The first kappa shape index (κ1) is 10.3. The molecule has 1 unspecified atom stereocenters. The maximum Gasteiger partial charge on any atom is 0.148 e. The molecular weight excluding hydrogens is 196 g/mol. The standard InChI is InChI=1S/C11H18O2S/c12-11(9-6-7-9)8-14(13)10-4-2-1-3-5-10/h9-10H,1-8H2. The lowest BCUT2D eigenvalue weighted by Crippen LogP contribution is -2.25. The lowest BCUT2D eigenvalue weighted by atomic mass is 10.0. The van der Waals surface area contributed by atoms with E-state index >= 15 is 0 Å². The Balaban J connectivity index is 1.78. The molecule has 0 bridgehead atoms. The van der Waals surface area contributed by atoms with Crippen molar-refractivity contribution in [1.82, 2.24) is 0 Å². The third-order valence-electron chi connectivity index (χ3n) is 3.24. The van der Waals surface area contributed by atoms with Gasteiger partial charge >= 0.3 is 0 Å². The first-order chi connectivity index (χ1) is 6.77. The lowest BCUT2D eigenvalue weighted by molar-refractivity contribution is -0.117. The van der Waals surface area contributed by atoms with E-state index in [1.165, 1.54) is 19.3 Å². The topological polar surface area (TPSA) is 34.1 Å². The van der Waals surface area contributed by atoms with Gasteiger partial charge in [-0.05, 0) is 25.7 Å². The van der Waals surface area contributed by atoms with Crippen molar-refractivity contribution in [1.29, 1.82) is 0 Å². The lowest BCUT2D eigenvalue weighted by Gasteiger charge is -2.20. The van der Waals surface area contributed by atoms with Crippen LogP contribution in [-0.2, 0) is 15.6 Å². The summed E-state index contributed by atoms with van der Waals surface area (Å²) in [5.74, 6) is 0.881. The zero-order valence-electron chi connectivity index (χ0n) is 8.54. The van der Waals surface area contributed by atoms with E-state index in [0.717, 1.165) is 25.7 Å². The fourth-order valence-corrected chi connectivity index (χ4v) is 3.72. The van der Waals surface area contributed by atoms with E-state index in [-0.39, 0.29) is 11.7 Å². The zero-order valence-corrected chi connectivity index (χ0v) is 9.35. The molecule has 2 aliphatic carbocycles. The number of carbonyl (C=O) groups excluding carboxylic acids is 1. The predicted octanol–water partition coefficient (Wildman–Crippen LogP) is 2.05. The van der Waals surface area contributed by atoms with Crippen LogP contribution in [0.1, 0.15) is 44.9 Å². The molecule has 14 heavy (non-hydrogen) atoms. The Morgan fingerprint density at radius 1 is 1.07 bits per heavy atom. The van der Waals surface area contributed by atoms with Gasteiger partial charge in [0.05, 0.1) is 5.75 Å². The smallest absolute Gasteiger partial charge is 0.148 e. The van der Waals surface area contributed by atoms with Crippen LogP contribution in [0.2, 0.25) is 0 Å². The van der Waals surface area contributed by atoms with Crippen molar-refractivity contribution >= 4 is 16.6 Å². The highest BCUT2D eigenvalue weighted by atomic mass is 32.2. The summed E-state index contributed by atoms with van der Waals surface area (Å²) in [6, 6.07) is 0. The molecule has 2 fully saturated rings. The minimum Gasteiger partial charge on any atom is -0.298 e. The van der Waals surface area contributed by atoms with Crippen LogP contribution in [0, 0.1) is 5.92 Å². The second-order valence-electron chi connectivity index (χ2n) is 4.53. The molecule has 0 spiro atoms. The molecule has 2 rings (SSSR count). The van der Waals surface area contributed by atoms with Gasteiger partial charge in [-0.2, -0.15) is 0 Å². The highest BCUT2D eigenvalue weighted by Crippen LogP contribution is 2.31. The van der Waals surface area contributed by atoms with E-state index in [4.69, 9.17) is 0 Å². The molecule has 0 aromatic rings. The molecule has 0 saturated heterocycles. The maximum atomic E-state index is 11.8. The Labute approximate surface area is 87.9 Å². The van der Waals surface area contributed by atoms with Crippen LogP contribution >= 0.6 is 0 Å². The van der Waals surface area contributed by atoms with Gasteiger partial charge in [-0.25, -0.2) is 0 Å². The van der Waals surface area contributed by atoms with Gasteiger partial charge in [0, 0.05) is 22.0 Å². The first-order valence-electron chi connectivity index (χ1n) is 5.67. The third kappa shape index (κ3) is 2.66. The van der Waals surface area contributed by atoms with Gasteiger partial charge in [0.1, 0.15) is 5.78 Å². The first-order valence-corrected chi connectivity index (χ1v) is 7.05. The Hall–Kier alpha value is -0.180. The van der Waals surface area contributed by atoms with Crippen molar-refractivity contribution in [3.05, 3.63) is 0 Å². The number of hydrogen-bond acceptors (Lipinski definition) is 2. The average molecular weight is 214 g/mol. The van der Waals surface area contributed by atoms with Crippen molar-refractivity contribution in [3.8, 4) is 0 Å². The van der Waals surface area contributed by atoms with Crippen LogP contribution in [0.4, 0.5) is 0 Å². The van der Waals surface area contributed by atoms with Crippen molar-refractivity contribution in [2.24, 2.45) is 5.92 Å². The molecule has 2 saturated carbocycles. The molecule has 1 atom stereocenters. The molecule has 0 aromatic carbocycles. The van der Waals surface area contributed by atoms with Gasteiger partial charge in [-0.3, -0.25) is 9.00 Å². The zero-order chi connectivity index (χ0) is 9.97. The van der Waals surface area contributed by atoms with Crippen molar-refractivity contribution in [2.75, 3.05) is 5.75 Å². The molecule has 3 heteroatoms. The van der Waals surface area contributed by atoms with Crippen LogP contribution in [0.25, 0.3) is 0 Å². The summed E-state index contributed by atoms with van der Waals surface area (Å²) < 4.78 is 11.8. The van der Waals surface area contributed by atoms with Crippen LogP contribution < -0.4 is 0 Å². The second-order valence-corrected chi connectivity index (χ2v) is 6.24. The average Bonchev–Trinajstić information content (AvgIpc) is 3.02. The quantitative estimate of drug-likeness (QED) is 0.717. The van der Waals surface area contributed by atoms with Crippen LogP contribution in [0.15, 0.2) is 0 Å². The van der Waals surface area contributed by atoms with E-state index < -0.39 is 10.8 Å². The van der Waals surface area contributed by atoms with Crippen LogP contribution in [-0.4, -0.2) is 21.0 Å². The summed E-state index contributed by atoms with van der Waals surface area (Å²) in [5, 5.41) is 0.325. The molecule has 2 nitrogen and oxygen atoms in total. The number of rotatable bonds is 4. The Bertz CT molecular complexity index is 240. The van der Waals surface area contributed by atoms with Gasteiger partial charge in [-0.15, -0.1) is 0 Å². The van der Waals surface area contributed by atoms with Gasteiger partial charge < -0.3 is 0 Å². The van der Waals surface area contributed by atoms with Gasteiger partial charge in [0.2, 0.25) is 0 Å². The van der Waals surface area contributed by atoms with Gasteiger partial charge in [-0.1, -0.05) is 19.3 Å². The predicted molar refractivity (Wildman–Crippen MR) is 57.6 cm³/mol. The Kier molecular flexibility index (Phi) is 3.37. The van der Waals surface area contributed by atoms with Gasteiger partial charge in [0.25, 0.3) is 0 Å². The second kappa shape index (κ2) is 4.56. The SMILES string of the molecule is O=C(CS(=O)C1CCCCC1)C1CC1. The Morgan fingerprint density at radius 3 is 2.29 bits per heavy atom. The van der Waals surface area contributed by atoms with Crippen molar-refractivity contribution < 1.29 is 9.00 Å². The fourth-order valence-electron chi connectivity index (χ4n) is 2.11. The molecule has 0 aliphatic heterocycles. The van der Waals surface area contributed by atoms with E-state index in [0.29, 0.717) is 11.0 Å². The highest BCUT2D eigenvalue weighted by molar-refractivity contribution is 7.86. The molecule has 0 heterocycles. The monoisotopic (exact) mass is 214 g/mol. The van der Waals surface area contributed by atoms with Gasteiger partial charge in [0.15, 0.2) is 0 Å². The van der Waals surface area contributed by atoms with Crippen LogP contribution in [0.3, 0.4) is 0 Å². The fraction of sp³-hybridized carbons (Fsp3) is 0.909. The van der Waals surface area contributed by atoms with E-state index in [1.807, 2.05) is 0 Å². The van der Waals surface area contributed by atoms with E-state index in [1.54, 1.807) is 0 Å². The van der Waals surface area contributed by atoms with Crippen molar-refractivity contribution in [2.45, 2.75) is 50.2 Å². The van der Waals surface area contributed by atoms with Crippen LogP contribution in [0.5, 0.6) is 0 Å². The summed E-state index contributed by atoms with van der Waals surface area (Å²) in [6.45, 7) is 0. The molecular formula is C11H18O2S. The normalized spacial score (nSPS) is 26.0. The number of hydrogen-bond donors (Lipinski definition) is 0. The summed E-state index contributed by atoms with van der Waals surface area (Å²) in [7, 11) is -0.867. The number of carbonyl (C=O) groups is 1. The molecule has 80 valence electrons. The highest BCUT2D eigenvalue weighted by Gasteiger charge is 2.32.